The summed E-state index contributed by atoms with van der Waals surface area (Å²) in [7, 11) is -2.05. The summed E-state index contributed by atoms with van der Waals surface area (Å²) in [5, 5.41) is 0.0458. The van der Waals surface area contributed by atoms with Gasteiger partial charge in [0.05, 0.1) is 13.2 Å². The molecule has 8 nitrogen and oxygen atoms in total. The van der Waals surface area contributed by atoms with Crippen molar-refractivity contribution in [1.29, 1.82) is 0 Å². The molecule has 0 unspecified atom stereocenters. The van der Waals surface area contributed by atoms with Gasteiger partial charge in [0.25, 0.3) is 0 Å². The molecule has 0 spiro atoms. The topological polar surface area (TPSA) is 98.5 Å². The Labute approximate surface area is 194 Å². The van der Waals surface area contributed by atoms with Crippen molar-refractivity contribution in [3.8, 4) is 0 Å². The van der Waals surface area contributed by atoms with Gasteiger partial charge in [-0.05, 0) is 63.9 Å². The van der Waals surface area contributed by atoms with Crippen molar-refractivity contribution in [2.75, 3.05) is 13.2 Å². The van der Waals surface area contributed by atoms with Crippen molar-refractivity contribution in [1.82, 2.24) is 0 Å². The SMILES string of the molecule is CC[C@@H](/C=C(/CO[Si](C)(C)C(C)(C)C)[C@H]1OC(C)(C)O[C@@H]1[C@H]1COC(C)(C)O1)OC(N)=O. The van der Waals surface area contributed by atoms with Crippen molar-refractivity contribution in [2.45, 2.75) is 116 Å². The highest BCUT2D eigenvalue weighted by molar-refractivity contribution is 6.74. The molecule has 2 saturated heterocycles. The minimum Gasteiger partial charge on any atom is -0.442 e. The molecule has 0 radical (unpaired) electrons. The summed E-state index contributed by atoms with van der Waals surface area (Å²) in [6, 6.07) is 0. The smallest absolute Gasteiger partial charge is 0.405 e. The van der Waals surface area contributed by atoms with Gasteiger partial charge in [-0.25, -0.2) is 4.79 Å². The molecule has 0 aromatic carbocycles. The summed E-state index contributed by atoms with van der Waals surface area (Å²) in [6.45, 7) is 21.2. The molecular weight excluding hydrogens is 430 g/mol. The first kappa shape index (κ1) is 27.3. The van der Waals surface area contributed by atoms with Gasteiger partial charge in [-0.3, -0.25) is 0 Å². The maximum atomic E-state index is 11.4. The molecule has 2 aliphatic rings. The number of carbonyl (C=O) groups is 1. The van der Waals surface area contributed by atoms with Crippen LogP contribution >= 0.6 is 0 Å². The van der Waals surface area contributed by atoms with E-state index in [1.807, 2.05) is 40.7 Å². The van der Waals surface area contributed by atoms with E-state index in [9.17, 15) is 4.79 Å². The van der Waals surface area contributed by atoms with Crippen LogP contribution in [0.4, 0.5) is 4.79 Å². The molecule has 0 aromatic rings. The molecule has 2 rings (SSSR count). The van der Waals surface area contributed by atoms with Crippen LogP contribution in [-0.4, -0.2) is 63.6 Å². The Morgan fingerprint density at radius 2 is 1.78 bits per heavy atom. The Kier molecular flexibility index (Phi) is 8.28. The standard InChI is InChI=1S/C23H43NO7Si/c1-11-16(28-20(24)25)12-15(13-27-32(9,10)21(2,3)4)18-19(31-23(7,8)30-18)17-14-26-22(5,6)29-17/h12,16-19H,11,13-14H2,1-10H3,(H2,24,25)/b15-12-/t16-,17+,18+,19+/m0/s1. The molecule has 32 heavy (non-hydrogen) atoms. The third-order valence-corrected chi connectivity index (χ3v) is 10.8. The fourth-order valence-electron chi connectivity index (χ4n) is 3.55. The van der Waals surface area contributed by atoms with Crippen molar-refractivity contribution in [2.24, 2.45) is 5.73 Å². The summed E-state index contributed by atoms with van der Waals surface area (Å²) >= 11 is 0. The van der Waals surface area contributed by atoms with Crippen LogP contribution < -0.4 is 5.73 Å². The second-order valence-corrected chi connectivity index (χ2v) is 15.9. The van der Waals surface area contributed by atoms with Crippen LogP contribution in [0.15, 0.2) is 11.6 Å². The lowest BCUT2D eigenvalue weighted by Crippen LogP contribution is -2.44. The van der Waals surface area contributed by atoms with E-state index >= 15 is 0 Å². The third kappa shape index (κ3) is 7.01. The number of hydrogen-bond donors (Lipinski definition) is 1. The summed E-state index contributed by atoms with van der Waals surface area (Å²) in [4.78, 5) is 11.4. The highest BCUT2D eigenvalue weighted by Gasteiger charge is 2.51. The number of hydrogen-bond acceptors (Lipinski definition) is 7. The predicted octanol–water partition coefficient (Wildman–Crippen LogP) is 4.48. The Morgan fingerprint density at radius 3 is 2.25 bits per heavy atom. The monoisotopic (exact) mass is 473 g/mol. The van der Waals surface area contributed by atoms with Crippen molar-refractivity contribution in [3.05, 3.63) is 11.6 Å². The first-order valence-electron chi connectivity index (χ1n) is 11.4. The fourth-order valence-corrected chi connectivity index (χ4v) is 4.51. The van der Waals surface area contributed by atoms with Gasteiger partial charge in [0.15, 0.2) is 19.9 Å². The lowest BCUT2D eigenvalue weighted by Gasteiger charge is -2.37. The van der Waals surface area contributed by atoms with E-state index in [0.717, 1.165) is 5.57 Å². The van der Waals surface area contributed by atoms with Gasteiger partial charge in [-0.15, -0.1) is 0 Å². The highest BCUT2D eigenvalue weighted by atomic mass is 28.4. The van der Waals surface area contributed by atoms with E-state index in [1.54, 1.807) is 0 Å². The molecule has 2 fully saturated rings. The van der Waals surface area contributed by atoms with Crippen molar-refractivity contribution < 1.29 is 32.9 Å². The Bertz CT molecular complexity index is 699. The molecule has 2 heterocycles. The van der Waals surface area contributed by atoms with Crippen LogP contribution in [0.1, 0.15) is 61.8 Å². The average molecular weight is 474 g/mol. The number of carbonyl (C=O) groups excluding carboxylic acids is 1. The first-order valence-corrected chi connectivity index (χ1v) is 14.4. The zero-order valence-corrected chi connectivity index (χ0v) is 22.4. The van der Waals surface area contributed by atoms with Gasteiger partial charge in [-0.2, -0.15) is 0 Å². The Hall–Kier alpha value is -0.973. The van der Waals surface area contributed by atoms with Crippen LogP contribution in [0, 0.1) is 0 Å². The van der Waals surface area contributed by atoms with E-state index in [-0.39, 0.29) is 11.1 Å². The van der Waals surface area contributed by atoms with Gasteiger partial charge in [0.1, 0.15) is 24.4 Å². The summed E-state index contributed by atoms with van der Waals surface area (Å²) < 4.78 is 36.3. The normalized spacial score (nSPS) is 29.2. The van der Waals surface area contributed by atoms with Crippen molar-refractivity contribution in [3.63, 3.8) is 0 Å². The number of primary amides is 1. The van der Waals surface area contributed by atoms with Crippen LogP contribution in [-0.2, 0) is 28.1 Å². The van der Waals surface area contributed by atoms with E-state index in [1.165, 1.54) is 0 Å². The van der Waals surface area contributed by atoms with E-state index < -0.39 is 44.3 Å². The largest absolute Gasteiger partial charge is 0.442 e. The van der Waals surface area contributed by atoms with Crippen LogP contribution in [0.5, 0.6) is 0 Å². The van der Waals surface area contributed by atoms with Crippen molar-refractivity contribution >= 4 is 14.4 Å². The van der Waals surface area contributed by atoms with Gasteiger partial charge >= 0.3 is 6.09 Å². The molecule has 0 aromatic heterocycles. The molecule has 9 heteroatoms. The van der Waals surface area contributed by atoms with Crippen LogP contribution in [0.2, 0.25) is 18.1 Å². The molecule has 1 amide bonds. The Balaban J connectivity index is 2.37. The summed E-state index contributed by atoms with van der Waals surface area (Å²) in [5.74, 6) is -1.50. The molecule has 2 aliphatic heterocycles. The average Bonchev–Trinajstić information content (AvgIpc) is 3.14. The molecule has 0 bridgehead atoms. The fraction of sp³-hybridized carbons (Fsp3) is 0.870. The van der Waals surface area contributed by atoms with E-state index in [0.29, 0.717) is 19.6 Å². The predicted molar refractivity (Wildman–Crippen MR) is 125 cm³/mol. The Morgan fingerprint density at radius 1 is 1.16 bits per heavy atom. The van der Waals surface area contributed by atoms with Gasteiger partial charge < -0.3 is 33.8 Å². The summed E-state index contributed by atoms with van der Waals surface area (Å²) in [5.41, 5.74) is 6.14. The van der Waals surface area contributed by atoms with Gasteiger partial charge in [0, 0.05) is 0 Å². The van der Waals surface area contributed by atoms with E-state index in [4.69, 9.17) is 33.8 Å². The third-order valence-electron chi connectivity index (χ3n) is 6.37. The number of rotatable bonds is 8. The van der Waals surface area contributed by atoms with E-state index in [2.05, 4.69) is 33.9 Å². The lowest BCUT2D eigenvalue weighted by molar-refractivity contribution is -0.174. The molecule has 0 saturated carbocycles. The number of amides is 1. The second-order valence-electron chi connectivity index (χ2n) is 11.1. The molecule has 4 atom stereocenters. The molecule has 0 aliphatic carbocycles. The van der Waals surface area contributed by atoms with Gasteiger partial charge in [0.2, 0.25) is 0 Å². The van der Waals surface area contributed by atoms with Crippen LogP contribution in [0.25, 0.3) is 0 Å². The molecular formula is C23H43NO7Si. The van der Waals surface area contributed by atoms with Gasteiger partial charge in [-0.1, -0.05) is 27.7 Å². The quantitative estimate of drug-likeness (QED) is 0.410. The minimum atomic E-state index is -2.05. The zero-order chi connectivity index (χ0) is 24.5. The first-order chi connectivity index (χ1) is 14.5. The maximum Gasteiger partial charge on any atom is 0.405 e. The highest BCUT2D eigenvalue weighted by Crippen LogP contribution is 2.40. The minimum absolute atomic E-state index is 0.0458. The number of ether oxygens (including phenoxy) is 5. The maximum absolute atomic E-state index is 11.4. The summed E-state index contributed by atoms with van der Waals surface area (Å²) in [6.07, 6.45) is 0.0224. The molecule has 2 N–H and O–H groups in total. The molecule has 186 valence electrons. The van der Waals surface area contributed by atoms with Crippen LogP contribution in [0.3, 0.4) is 0 Å². The zero-order valence-electron chi connectivity index (χ0n) is 21.4. The number of nitrogens with two attached hydrogens (primary N) is 1. The second kappa shape index (κ2) is 9.72. The lowest BCUT2D eigenvalue weighted by atomic mass is 9.99.